The predicted octanol–water partition coefficient (Wildman–Crippen LogP) is 3.10. The van der Waals surface area contributed by atoms with Gasteiger partial charge in [-0.3, -0.25) is 0 Å². The maximum atomic E-state index is 13.0. The first-order valence-electron chi connectivity index (χ1n) is 9.46. The fourth-order valence-electron chi connectivity index (χ4n) is 3.47. The van der Waals surface area contributed by atoms with Crippen molar-refractivity contribution in [2.75, 3.05) is 12.8 Å². The van der Waals surface area contributed by atoms with E-state index in [1.54, 1.807) is 12.1 Å². The van der Waals surface area contributed by atoms with Crippen LogP contribution in [0.2, 0.25) is 0 Å². The summed E-state index contributed by atoms with van der Waals surface area (Å²) in [6, 6.07) is 6.28. The topological polar surface area (TPSA) is 126 Å². The van der Waals surface area contributed by atoms with Gasteiger partial charge in [-0.25, -0.2) is 14.5 Å². The lowest BCUT2D eigenvalue weighted by Gasteiger charge is -2.17. The molecule has 10 nitrogen and oxygen atoms in total. The van der Waals surface area contributed by atoms with Gasteiger partial charge < -0.3 is 14.9 Å². The highest BCUT2D eigenvalue weighted by Crippen LogP contribution is 2.32. The minimum Gasteiger partial charge on any atom is -0.467 e. The van der Waals surface area contributed by atoms with Gasteiger partial charge in [0, 0.05) is 0 Å². The zero-order valence-corrected chi connectivity index (χ0v) is 16.8. The monoisotopic (exact) mass is 457 g/mol. The highest BCUT2D eigenvalue weighted by molar-refractivity contribution is 5.92. The van der Waals surface area contributed by atoms with E-state index in [4.69, 9.17) is 14.9 Å². The predicted molar refractivity (Wildman–Crippen MR) is 108 cm³/mol. The van der Waals surface area contributed by atoms with Crippen LogP contribution >= 0.6 is 0 Å². The van der Waals surface area contributed by atoms with Gasteiger partial charge in [0.2, 0.25) is 11.8 Å². The van der Waals surface area contributed by atoms with Crippen LogP contribution in [0.4, 0.5) is 19.1 Å². The number of hydrogen-bond acceptors (Lipinski definition) is 8. The molecular formula is C20H14F3N7O3. The Morgan fingerprint density at radius 1 is 1.15 bits per heavy atom. The number of nitrogen functional groups attached to an aromatic ring is 1. The number of halogens is 3. The van der Waals surface area contributed by atoms with Gasteiger partial charge in [0.25, 0.3) is 0 Å². The largest absolute Gasteiger partial charge is 0.467 e. The van der Waals surface area contributed by atoms with Crippen LogP contribution in [0.25, 0.3) is 28.3 Å². The SMILES string of the molecule is COC(=O)C(c1ccc(C(F)(F)F)cc1)n1ncc2c1nc(N)n1nc(-c3ccco3)nc21. The lowest BCUT2D eigenvalue weighted by atomic mass is 10.0. The molecule has 5 aromatic rings. The van der Waals surface area contributed by atoms with E-state index in [2.05, 4.69) is 20.2 Å². The van der Waals surface area contributed by atoms with Crippen LogP contribution < -0.4 is 5.73 Å². The molecule has 0 saturated carbocycles. The summed E-state index contributed by atoms with van der Waals surface area (Å²) in [5.74, 6) is -0.116. The lowest BCUT2D eigenvalue weighted by molar-refractivity contribution is -0.143. The fourth-order valence-corrected chi connectivity index (χ4v) is 3.47. The number of benzene rings is 1. The maximum absolute atomic E-state index is 13.0. The molecule has 168 valence electrons. The molecule has 5 rings (SSSR count). The second kappa shape index (κ2) is 7.32. The Kier molecular flexibility index (Phi) is 4.55. The van der Waals surface area contributed by atoms with Gasteiger partial charge in [-0.2, -0.15) is 27.8 Å². The number of ether oxygens (including phenoxy) is 1. The van der Waals surface area contributed by atoms with Gasteiger partial charge in [0.1, 0.15) is 0 Å². The van der Waals surface area contributed by atoms with Gasteiger partial charge in [-0.15, -0.1) is 5.10 Å². The molecule has 2 N–H and O–H groups in total. The van der Waals surface area contributed by atoms with Gasteiger partial charge in [-0.1, -0.05) is 12.1 Å². The second-order valence-electron chi connectivity index (χ2n) is 6.99. The number of nitrogens with two attached hydrogens (primary N) is 1. The third kappa shape index (κ3) is 3.33. The van der Waals surface area contributed by atoms with Crippen molar-refractivity contribution in [3.05, 3.63) is 60.0 Å². The molecular weight excluding hydrogens is 443 g/mol. The molecule has 0 spiro atoms. The fraction of sp³-hybridized carbons (Fsp3) is 0.150. The highest BCUT2D eigenvalue weighted by atomic mass is 19.4. The Hall–Kier alpha value is -4.42. The van der Waals surface area contributed by atoms with Crippen molar-refractivity contribution in [3.8, 4) is 11.6 Å². The number of esters is 1. The lowest BCUT2D eigenvalue weighted by Crippen LogP contribution is -2.24. The summed E-state index contributed by atoms with van der Waals surface area (Å²) in [7, 11) is 1.17. The first-order valence-corrected chi connectivity index (χ1v) is 9.46. The van der Waals surface area contributed by atoms with Crippen molar-refractivity contribution in [1.82, 2.24) is 29.4 Å². The van der Waals surface area contributed by atoms with Crippen LogP contribution in [0.1, 0.15) is 17.2 Å². The number of aromatic nitrogens is 6. The van der Waals surface area contributed by atoms with E-state index in [0.717, 1.165) is 12.1 Å². The summed E-state index contributed by atoms with van der Waals surface area (Å²) in [6.45, 7) is 0. The number of hydrogen-bond donors (Lipinski definition) is 1. The Labute approximate surface area is 182 Å². The van der Waals surface area contributed by atoms with Crippen LogP contribution in [0.15, 0.2) is 53.3 Å². The smallest absolute Gasteiger partial charge is 0.416 e. The van der Waals surface area contributed by atoms with Crippen LogP contribution in [-0.4, -0.2) is 42.4 Å². The van der Waals surface area contributed by atoms with E-state index >= 15 is 0 Å². The quantitative estimate of drug-likeness (QED) is 0.408. The van der Waals surface area contributed by atoms with E-state index in [9.17, 15) is 18.0 Å². The Morgan fingerprint density at radius 2 is 1.91 bits per heavy atom. The maximum Gasteiger partial charge on any atom is 0.416 e. The molecule has 1 unspecified atom stereocenters. The number of nitrogens with zero attached hydrogens (tertiary/aromatic N) is 6. The third-order valence-corrected chi connectivity index (χ3v) is 5.02. The van der Waals surface area contributed by atoms with Gasteiger partial charge in [0.15, 0.2) is 23.1 Å². The molecule has 0 aliphatic heterocycles. The molecule has 0 aliphatic carbocycles. The van der Waals surface area contributed by atoms with Gasteiger partial charge in [-0.05, 0) is 29.8 Å². The Bertz CT molecular complexity index is 1470. The normalized spacial score (nSPS) is 13.0. The van der Waals surface area contributed by atoms with Crippen molar-refractivity contribution in [2.24, 2.45) is 0 Å². The number of anilines is 1. The summed E-state index contributed by atoms with van der Waals surface area (Å²) in [5.41, 5.74) is 5.93. The zero-order chi connectivity index (χ0) is 23.3. The van der Waals surface area contributed by atoms with Crippen LogP contribution in [0.5, 0.6) is 0 Å². The molecule has 0 bridgehead atoms. The molecule has 1 atom stereocenters. The standard InChI is InChI=1S/C20H14F3N7O3/c1-32-18(31)14(10-4-6-11(7-5-10)20(21,22)23)29-17-12(9-25-29)16-26-15(13-3-2-8-33-13)28-30(16)19(24)27-17/h2-9,14H,1H3,(H2,24,27). The summed E-state index contributed by atoms with van der Waals surface area (Å²) < 4.78 is 51.6. The van der Waals surface area contributed by atoms with E-state index in [-0.39, 0.29) is 23.0 Å². The molecule has 0 radical (unpaired) electrons. The summed E-state index contributed by atoms with van der Waals surface area (Å²) in [4.78, 5) is 21.4. The molecule has 4 heterocycles. The summed E-state index contributed by atoms with van der Waals surface area (Å²) in [5, 5.41) is 8.95. The summed E-state index contributed by atoms with van der Waals surface area (Å²) in [6.07, 6.45) is -1.63. The number of carbonyl (C=O) groups excluding carboxylic acids is 1. The van der Waals surface area contributed by atoms with Gasteiger partial charge in [0.05, 0.1) is 30.5 Å². The molecule has 0 aliphatic rings. The van der Waals surface area contributed by atoms with Gasteiger partial charge >= 0.3 is 12.1 Å². The minimum absolute atomic E-state index is 0.0411. The van der Waals surface area contributed by atoms with Crippen molar-refractivity contribution in [3.63, 3.8) is 0 Å². The van der Waals surface area contributed by atoms with Crippen LogP contribution in [0.3, 0.4) is 0 Å². The third-order valence-electron chi connectivity index (χ3n) is 5.02. The number of furan rings is 1. The van der Waals surface area contributed by atoms with Crippen LogP contribution in [0, 0.1) is 0 Å². The Balaban J connectivity index is 1.67. The Morgan fingerprint density at radius 3 is 2.55 bits per heavy atom. The highest BCUT2D eigenvalue weighted by Gasteiger charge is 2.32. The van der Waals surface area contributed by atoms with Crippen molar-refractivity contribution in [2.45, 2.75) is 12.2 Å². The molecule has 0 fully saturated rings. The van der Waals surface area contributed by atoms with E-state index in [1.165, 1.54) is 40.9 Å². The van der Waals surface area contributed by atoms with E-state index in [1.807, 2.05) is 0 Å². The first-order chi connectivity index (χ1) is 15.8. The number of alkyl halides is 3. The van der Waals surface area contributed by atoms with E-state index in [0.29, 0.717) is 16.8 Å². The van der Waals surface area contributed by atoms with Crippen molar-refractivity contribution in [1.29, 1.82) is 0 Å². The van der Waals surface area contributed by atoms with E-state index < -0.39 is 23.8 Å². The molecule has 0 amide bonds. The zero-order valence-electron chi connectivity index (χ0n) is 16.8. The minimum atomic E-state index is -4.52. The average molecular weight is 457 g/mol. The molecule has 4 aromatic heterocycles. The first kappa shape index (κ1) is 20.5. The molecule has 1 aromatic carbocycles. The number of carbonyl (C=O) groups is 1. The molecule has 0 saturated heterocycles. The van der Waals surface area contributed by atoms with Crippen molar-refractivity contribution >= 4 is 28.6 Å². The molecule has 33 heavy (non-hydrogen) atoms. The van der Waals surface area contributed by atoms with Crippen molar-refractivity contribution < 1.29 is 27.1 Å². The number of methoxy groups -OCH3 is 1. The average Bonchev–Trinajstić information content (AvgIpc) is 3.53. The second-order valence-corrected chi connectivity index (χ2v) is 6.99. The summed E-state index contributed by atoms with van der Waals surface area (Å²) >= 11 is 0. The van der Waals surface area contributed by atoms with Crippen LogP contribution in [-0.2, 0) is 15.7 Å². The number of fused-ring (bicyclic) bond motifs is 3. The number of rotatable bonds is 4. The molecule has 13 heteroatoms.